The highest BCUT2D eigenvalue weighted by Gasteiger charge is 2.47. The highest BCUT2D eigenvalue weighted by molar-refractivity contribution is 6.31. The molecule has 1 aliphatic rings. The molecule has 0 aliphatic heterocycles. The first-order chi connectivity index (χ1) is 11.0. The summed E-state index contributed by atoms with van der Waals surface area (Å²) in [5, 5.41) is 15.5. The third-order valence-electron chi connectivity index (χ3n) is 4.60. The molecule has 1 saturated carbocycles. The van der Waals surface area contributed by atoms with Crippen LogP contribution >= 0.6 is 11.6 Å². The molecule has 4 rings (SSSR count). The number of rotatable bonds is 3. The lowest BCUT2D eigenvalue weighted by Gasteiger charge is -2.09. The van der Waals surface area contributed by atoms with Gasteiger partial charge in [-0.1, -0.05) is 11.6 Å². The SMILES string of the molecule is Cc1nn(C)c(-n2ccc3cc(Cl)ccc32)c1C1CC1C(=O)O. The number of fused-ring (bicyclic) bond motifs is 1. The molecule has 2 aromatic heterocycles. The molecule has 1 fully saturated rings. The topological polar surface area (TPSA) is 60.0 Å². The minimum absolute atomic E-state index is 0.0425. The number of hydrogen-bond acceptors (Lipinski definition) is 2. The first-order valence-corrected chi connectivity index (χ1v) is 7.88. The predicted octanol–water partition coefficient (Wildman–Crippen LogP) is 3.51. The molecule has 0 amide bonds. The van der Waals surface area contributed by atoms with E-state index in [2.05, 4.69) is 9.67 Å². The molecule has 118 valence electrons. The highest BCUT2D eigenvalue weighted by atomic mass is 35.5. The summed E-state index contributed by atoms with van der Waals surface area (Å²) in [6, 6.07) is 7.77. The number of carbonyl (C=O) groups is 1. The molecular formula is C17H16ClN3O2. The maximum absolute atomic E-state index is 11.3. The molecular weight excluding hydrogens is 314 g/mol. The summed E-state index contributed by atoms with van der Waals surface area (Å²) >= 11 is 6.06. The van der Waals surface area contributed by atoms with Crippen LogP contribution < -0.4 is 0 Å². The maximum atomic E-state index is 11.3. The number of nitrogens with zero attached hydrogens (tertiary/aromatic N) is 3. The van der Waals surface area contributed by atoms with Gasteiger partial charge in [0.25, 0.3) is 0 Å². The van der Waals surface area contributed by atoms with Gasteiger partial charge in [0.15, 0.2) is 0 Å². The first-order valence-electron chi connectivity index (χ1n) is 7.50. The lowest BCUT2D eigenvalue weighted by Crippen LogP contribution is -2.05. The van der Waals surface area contributed by atoms with Crippen molar-refractivity contribution in [2.45, 2.75) is 19.3 Å². The van der Waals surface area contributed by atoms with E-state index >= 15 is 0 Å². The highest BCUT2D eigenvalue weighted by Crippen LogP contribution is 2.50. The Kier molecular flexibility index (Phi) is 3.03. The van der Waals surface area contributed by atoms with Crippen molar-refractivity contribution in [2.24, 2.45) is 13.0 Å². The minimum atomic E-state index is -0.728. The van der Waals surface area contributed by atoms with Crippen LogP contribution in [-0.4, -0.2) is 25.4 Å². The van der Waals surface area contributed by atoms with E-state index in [1.807, 2.05) is 49.1 Å². The number of hydrogen-bond donors (Lipinski definition) is 1. The van der Waals surface area contributed by atoms with Gasteiger partial charge in [-0.3, -0.25) is 9.48 Å². The van der Waals surface area contributed by atoms with Gasteiger partial charge in [-0.05, 0) is 37.6 Å². The quantitative estimate of drug-likeness (QED) is 0.800. The van der Waals surface area contributed by atoms with Crippen LogP contribution in [0, 0.1) is 12.8 Å². The molecule has 2 heterocycles. The Morgan fingerprint density at radius 2 is 2.17 bits per heavy atom. The van der Waals surface area contributed by atoms with Gasteiger partial charge in [0.05, 0.1) is 17.1 Å². The summed E-state index contributed by atoms with van der Waals surface area (Å²) in [6.07, 6.45) is 2.67. The van der Waals surface area contributed by atoms with E-state index in [1.165, 1.54) is 0 Å². The van der Waals surface area contributed by atoms with Gasteiger partial charge in [-0.25, -0.2) is 0 Å². The van der Waals surface area contributed by atoms with Crippen LogP contribution in [0.3, 0.4) is 0 Å². The Labute approximate surface area is 138 Å². The third-order valence-corrected chi connectivity index (χ3v) is 4.83. The lowest BCUT2D eigenvalue weighted by molar-refractivity contribution is -0.138. The van der Waals surface area contributed by atoms with Crippen molar-refractivity contribution in [3.05, 3.63) is 46.7 Å². The van der Waals surface area contributed by atoms with Crippen LogP contribution in [0.25, 0.3) is 16.7 Å². The molecule has 23 heavy (non-hydrogen) atoms. The number of aliphatic carboxylic acids is 1. The van der Waals surface area contributed by atoms with Crippen LogP contribution in [0.4, 0.5) is 0 Å². The fourth-order valence-corrected chi connectivity index (χ4v) is 3.65. The number of carboxylic acids is 1. The Hall–Kier alpha value is -2.27. The average Bonchev–Trinajstić information content (AvgIpc) is 3.09. The zero-order valence-electron chi connectivity index (χ0n) is 12.8. The van der Waals surface area contributed by atoms with Gasteiger partial charge in [0.1, 0.15) is 5.82 Å². The Morgan fingerprint density at radius 3 is 2.87 bits per heavy atom. The monoisotopic (exact) mass is 329 g/mol. The normalized spacial score (nSPS) is 20.1. The van der Waals surface area contributed by atoms with E-state index in [0.717, 1.165) is 28.0 Å². The lowest BCUT2D eigenvalue weighted by atomic mass is 10.1. The van der Waals surface area contributed by atoms with E-state index in [1.54, 1.807) is 0 Å². The van der Waals surface area contributed by atoms with Crippen LogP contribution in [0.15, 0.2) is 30.5 Å². The summed E-state index contributed by atoms with van der Waals surface area (Å²) in [7, 11) is 1.89. The summed E-state index contributed by atoms with van der Waals surface area (Å²) in [4.78, 5) is 11.3. The van der Waals surface area contributed by atoms with Crippen LogP contribution in [0.2, 0.25) is 5.02 Å². The molecule has 0 radical (unpaired) electrons. The van der Waals surface area contributed by atoms with E-state index < -0.39 is 5.97 Å². The maximum Gasteiger partial charge on any atom is 0.307 e. The first kappa shape index (κ1) is 14.3. The molecule has 1 aliphatic carbocycles. The Bertz CT molecular complexity index is 941. The third kappa shape index (κ3) is 2.15. The van der Waals surface area contributed by atoms with Crippen LogP contribution in [-0.2, 0) is 11.8 Å². The number of carboxylic acid groups (broad SMARTS) is 1. The molecule has 6 heteroatoms. The average molecular weight is 330 g/mol. The van der Waals surface area contributed by atoms with Gasteiger partial charge in [0, 0.05) is 35.1 Å². The molecule has 2 atom stereocenters. The summed E-state index contributed by atoms with van der Waals surface area (Å²) in [6.45, 7) is 1.94. The second kappa shape index (κ2) is 4.86. The Morgan fingerprint density at radius 1 is 1.39 bits per heavy atom. The largest absolute Gasteiger partial charge is 0.481 e. The number of aromatic nitrogens is 3. The predicted molar refractivity (Wildman–Crippen MR) is 88.3 cm³/mol. The van der Waals surface area contributed by atoms with Crippen molar-refractivity contribution >= 4 is 28.5 Å². The fraction of sp³-hybridized carbons (Fsp3) is 0.294. The van der Waals surface area contributed by atoms with Gasteiger partial charge >= 0.3 is 5.97 Å². The number of aryl methyl sites for hydroxylation is 2. The van der Waals surface area contributed by atoms with Crippen molar-refractivity contribution in [1.82, 2.24) is 14.3 Å². The smallest absolute Gasteiger partial charge is 0.307 e. The van der Waals surface area contributed by atoms with E-state index in [-0.39, 0.29) is 11.8 Å². The number of benzene rings is 1. The minimum Gasteiger partial charge on any atom is -0.481 e. The molecule has 1 aromatic carbocycles. The van der Waals surface area contributed by atoms with Crippen LogP contribution in [0.1, 0.15) is 23.6 Å². The molecule has 0 bridgehead atoms. The van der Waals surface area contributed by atoms with Gasteiger partial charge < -0.3 is 9.67 Å². The molecule has 5 nitrogen and oxygen atoms in total. The zero-order valence-corrected chi connectivity index (χ0v) is 13.6. The Balaban J connectivity index is 1.90. The van der Waals surface area contributed by atoms with Crippen LogP contribution in [0.5, 0.6) is 0 Å². The van der Waals surface area contributed by atoms with Crippen molar-refractivity contribution < 1.29 is 9.90 Å². The second-order valence-electron chi connectivity index (χ2n) is 6.12. The zero-order chi connectivity index (χ0) is 16.3. The molecule has 2 unspecified atom stereocenters. The van der Waals surface area contributed by atoms with Crippen molar-refractivity contribution in [3.63, 3.8) is 0 Å². The standard InChI is InChI=1S/C17H16ClN3O2/c1-9-15(12-8-13(12)17(22)23)16(20(2)19-9)21-6-5-10-7-11(18)3-4-14(10)21/h3-7,12-13H,8H2,1-2H3,(H,22,23). The van der Waals surface area contributed by atoms with Gasteiger partial charge in [0.2, 0.25) is 0 Å². The molecule has 0 saturated heterocycles. The van der Waals surface area contributed by atoms with Crippen molar-refractivity contribution in [1.29, 1.82) is 0 Å². The summed E-state index contributed by atoms with van der Waals surface area (Å²) < 4.78 is 3.90. The fourth-order valence-electron chi connectivity index (χ4n) is 3.47. The van der Waals surface area contributed by atoms with Gasteiger partial charge in [-0.2, -0.15) is 5.10 Å². The second-order valence-corrected chi connectivity index (χ2v) is 6.56. The summed E-state index contributed by atoms with van der Waals surface area (Å²) in [5.74, 6) is -0.0456. The van der Waals surface area contributed by atoms with E-state index in [9.17, 15) is 9.90 Å². The van der Waals surface area contributed by atoms with Crippen molar-refractivity contribution in [3.8, 4) is 5.82 Å². The molecule has 3 aromatic rings. The summed E-state index contributed by atoms with van der Waals surface area (Å²) in [5.41, 5.74) is 2.96. The van der Waals surface area contributed by atoms with Crippen molar-refractivity contribution in [2.75, 3.05) is 0 Å². The van der Waals surface area contributed by atoms with Gasteiger partial charge in [-0.15, -0.1) is 0 Å². The van der Waals surface area contributed by atoms with E-state index in [4.69, 9.17) is 11.6 Å². The molecule has 0 spiro atoms. The van der Waals surface area contributed by atoms with E-state index in [0.29, 0.717) is 11.4 Å². The number of halogens is 1. The molecule has 1 N–H and O–H groups in total.